The van der Waals surface area contributed by atoms with Crippen LogP contribution in [0.3, 0.4) is 0 Å². The number of para-hydroxylation sites is 1. The van der Waals surface area contributed by atoms with E-state index < -0.39 is 11.6 Å². The molecule has 0 bridgehead atoms. The van der Waals surface area contributed by atoms with E-state index in [0.717, 1.165) is 17.8 Å². The van der Waals surface area contributed by atoms with E-state index >= 15 is 0 Å². The van der Waals surface area contributed by atoms with E-state index in [2.05, 4.69) is 30.7 Å². The quantitative estimate of drug-likeness (QED) is 0.487. The van der Waals surface area contributed by atoms with Gasteiger partial charge in [-0.25, -0.2) is 18.7 Å². The van der Waals surface area contributed by atoms with Gasteiger partial charge in [-0.1, -0.05) is 18.2 Å². The number of nitrogens with one attached hydrogen (secondary N) is 2. The summed E-state index contributed by atoms with van der Waals surface area (Å²) < 4.78 is 28.1. The van der Waals surface area contributed by atoms with Crippen LogP contribution >= 0.6 is 0 Å². The molecule has 4 aromatic rings. The Morgan fingerprint density at radius 3 is 2.54 bits per heavy atom. The number of nitrogens with two attached hydrogens (primary N) is 1. The maximum atomic E-state index is 13.8. The van der Waals surface area contributed by atoms with Crippen molar-refractivity contribution in [3.63, 3.8) is 0 Å². The summed E-state index contributed by atoms with van der Waals surface area (Å²) in [7, 11) is 0. The Morgan fingerprint density at radius 1 is 0.929 bits per heavy atom. The first-order valence-electron chi connectivity index (χ1n) is 8.17. The third kappa shape index (κ3) is 3.70. The summed E-state index contributed by atoms with van der Waals surface area (Å²) in [4.78, 5) is 12.3. The van der Waals surface area contributed by atoms with Crippen LogP contribution in [-0.2, 0) is 0 Å². The minimum Gasteiger partial charge on any atom is -0.368 e. The molecule has 0 atom stereocenters. The highest BCUT2D eigenvalue weighted by molar-refractivity contribution is 5.58. The Labute approximate surface area is 158 Å². The van der Waals surface area contributed by atoms with E-state index in [0.29, 0.717) is 11.6 Å². The summed E-state index contributed by atoms with van der Waals surface area (Å²) >= 11 is 0. The van der Waals surface area contributed by atoms with E-state index in [1.807, 2.05) is 30.3 Å². The summed E-state index contributed by atoms with van der Waals surface area (Å²) in [5.41, 5.74) is 6.78. The highest BCUT2D eigenvalue weighted by Crippen LogP contribution is 2.21. The van der Waals surface area contributed by atoms with Gasteiger partial charge in [0, 0.05) is 17.8 Å². The van der Waals surface area contributed by atoms with Crippen LogP contribution in [0.2, 0.25) is 0 Å². The summed E-state index contributed by atoms with van der Waals surface area (Å²) in [6.45, 7) is 0. The Morgan fingerprint density at radius 2 is 1.75 bits per heavy atom. The number of nitrogens with zero attached hydrogens (tertiary/aromatic N) is 5. The molecule has 140 valence electrons. The minimum absolute atomic E-state index is 0.0210. The van der Waals surface area contributed by atoms with Crippen molar-refractivity contribution >= 4 is 29.1 Å². The van der Waals surface area contributed by atoms with Crippen LogP contribution < -0.4 is 16.4 Å². The molecule has 4 rings (SSSR count). The second kappa shape index (κ2) is 7.27. The van der Waals surface area contributed by atoms with Crippen molar-refractivity contribution in [1.82, 2.24) is 24.7 Å². The molecule has 8 nitrogen and oxygen atoms in total. The first-order valence-corrected chi connectivity index (χ1v) is 8.17. The fourth-order valence-electron chi connectivity index (χ4n) is 2.46. The lowest BCUT2D eigenvalue weighted by Gasteiger charge is -2.07. The maximum Gasteiger partial charge on any atom is 0.248 e. The Balaban J connectivity index is 1.59. The van der Waals surface area contributed by atoms with Crippen molar-refractivity contribution in [2.75, 3.05) is 16.4 Å². The lowest BCUT2D eigenvalue weighted by atomic mass is 10.3. The predicted molar refractivity (Wildman–Crippen MR) is 101 cm³/mol. The molecule has 2 aromatic carbocycles. The molecular formula is C18H14F2N8. The smallest absolute Gasteiger partial charge is 0.248 e. The molecular weight excluding hydrogens is 366 g/mol. The fraction of sp³-hybridized carbons (Fsp3) is 0. The summed E-state index contributed by atoms with van der Waals surface area (Å²) in [5, 5.41) is 9.98. The van der Waals surface area contributed by atoms with Crippen LogP contribution in [0.15, 0.2) is 60.9 Å². The first-order chi connectivity index (χ1) is 13.6. The molecule has 0 spiro atoms. The number of nitrogen functional groups attached to an aromatic ring is 1. The van der Waals surface area contributed by atoms with Gasteiger partial charge in [-0.3, -0.25) is 0 Å². The second-order valence-corrected chi connectivity index (χ2v) is 5.71. The zero-order chi connectivity index (χ0) is 19.5. The Bertz CT molecular complexity index is 1110. The van der Waals surface area contributed by atoms with Crippen molar-refractivity contribution in [1.29, 1.82) is 0 Å². The number of anilines is 5. The molecule has 2 aromatic heterocycles. The van der Waals surface area contributed by atoms with Gasteiger partial charge in [0.05, 0.1) is 5.69 Å². The zero-order valence-electron chi connectivity index (χ0n) is 14.3. The van der Waals surface area contributed by atoms with Crippen LogP contribution in [0, 0.1) is 11.6 Å². The van der Waals surface area contributed by atoms with E-state index in [4.69, 9.17) is 5.73 Å². The monoisotopic (exact) mass is 380 g/mol. The van der Waals surface area contributed by atoms with Crippen LogP contribution in [0.1, 0.15) is 0 Å². The molecule has 0 fully saturated rings. The molecule has 0 aliphatic heterocycles. The summed E-state index contributed by atoms with van der Waals surface area (Å²) in [6, 6.07) is 14.3. The van der Waals surface area contributed by atoms with E-state index in [1.165, 1.54) is 17.1 Å². The minimum atomic E-state index is -0.772. The van der Waals surface area contributed by atoms with E-state index in [-0.39, 0.29) is 17.6 Å². The third-order valence-electron chi connectivity index (χ3n) is 3.73. The van der Waals surface area contributed by atoms with Crippen molar-refractivity contribution < 1.29 is 8.78 Å². The highest BCUT2D eigenvalue weighted by atomic mass is 19.1. The van der Waals surface area contributed by atoms with Crippen LogP contribution in [-0.4, -0.2) is 24.7 Å². The van der Waals surface area contributed by atoms with Crippen molar-refractivity contribution in [3.8, 4) is 5.82 Å². The second-order valence-electron chi connectivity index (χ2n) is 5.71. The van der Waals surface area contributed by atoms with Gasteiger partial charge in [0.1, 0.15) is 23.8 Å². The number of halogens is 2. The molecule has 28 heavy (non-hydrogen) atoms. The molecule has 0 aliphatic carbocycles. The lowest BCUT2D eigenvalue weighted by molar-refractivity contribution is 0.586. The highest BCUT2D eigenvalue weighted by Gasteiger charge is 2.13. The fourth-order valence-corrected chi connectivity index (χ4v) is 2.46. The molecule has 0 radical (unpaired) electrons. The standard InChI is InChI=1S/C18H14F2N8/c19-11-6-7-14(13(20)8-11)25-18-26-17(21)28(27-18)16-9-15(22-10-23-16)24-12-4-2-1-3-5-12/h1-10H,(H,22,23,24)(H3,21,25,26,27). The van der Waals surface area contributed by atoms with Gasteiger partial charge in [0.2, 0.25) is 11.9 Å². The molecule has 0 unspecified atom stereocenters. The number of hydrogen-bond donors (Lipinski definition) is 3. The Kier molecular flexibility index (Phi) is 4.50. The summed E-state index contributed by atoms with van der Waals surface area (Å²) in [5.74, 6) is -0.475. The number of benzene rings is 2. The maximum absolute atomic E-state index is 13.8. The van der Waals surface area contributed by atoms with Gasteiger partial charge in [-0.05, 0) is 24.3 Å². The molecule has 0 saturated heterocycles. The topological polar surface area (TPSA) is 107 Å². The average Bonchev–Trinajstić information content (AvgIpc) is 3.05. The zero-order valence-corrected chi connectivity index (χ0v) is 14.3. The van der Waals surface area contributed by atoms with Gasteiger partial charge in [-0.2, -0.15) is 9.67 Å². The van der Waals surface area contributed by atoms with Crippen LogP contribution in [0.5, 0.6) is 0 Å². The van der Waals surface area contributed by atoms with E-state index in [9.17, 15) is 8.78 Å². The molecule has 10 heteroatoms. The third-order valence-corrected chi connectivity index (χ3v) is 3.73. The largest absolute Gasteiger partial charge is 0.368 e. The van der Waals surface area contributed by atoms with Gasteiger partial charge in [0.25, 0.3) is 0 Å². The number of rotatable bonds is 5. The Hall–Kier alpha value is -4.08. The normalized spacial score (nSPS) is 10.6. The van der Waals surface area contributed by atoms with Crippen molar-refractivity contribution in [3.05, 3.63) is 72.6 Å². The average molecular weight is 380 g/mol. The number of aromatic nitrogens is 5. The van der Waals surface area contributed by atoms with Crippen molar-refractivity contribution in [2.24, 2.45) is 0 Å². The van der Waals surface area contributed by atoms with E-state index in [1.54, 1.807) is 6.07 Å². The van der Waals surface area contributed by atoms with Gasteiger partial charge in [0.15, 0.2) is 5.82 Å². The molecule has 4 N–H and O–H groups in total. The molecule has 2 heterocycles. The predicted octanol–water partition coefficient (Wildman–Crippen LogP) is 3.40. The number of hydrogen-bond acceptors (Lipinski definition) is 7. The van der Waals surface area contributed by atoms with Crippen LogP contribution in [0.25, 0.3) is 5.82 Å². The van der Waals surface area contributed by atoms with Gasteiger partial charge < -0.3 is 16.4 Å². The van der Waals surface area contributed by atoms with Crippen LogP contribution in [0.4, 0.5) is 37.9 Å². The molecule has 0 aliphatic rings. The summed E-state index contributed by atoms with van der Waals surface area (Å²) in [6.07, 6.45) is 1.36. The van der Waals surface area contributed by atoms with Gasteiger partial charge >= 0.3 is 0 Å². The first kappa shape index (κ1) is 17.3. The van der Waals surface area contributed by atoms with Crippen molar-refractivity contribution in [2.45, 2.75) is 0 Å². The lowest BCUT2D eigenvalue weighted by Crippen LogP contribution is -2.06. The SMILES string of the molecule is Nc1nc(Nc2ccc(F)cc2F)nn1-c1cc(Nc2ccccc2)ncn1. The molecule has 0 amide bonds. The van der Waals surface area contributed by atoms with Gasteiger partial charge in [-0.15, -0.1) is 5.10 Å². The molecule has 0 saturated carbocycles.